The maximum Gasteiger partial charge on any atom is 0.120 e. The summed E-state index contributed by atoms with van der Waals surface area (Å²) in [4.78, 5) is 0. The second-order valence-corrected chi connectivity index (χ2v) is 3.80. The standard InChI is InChI=1S/C13H14FNO.ClH/c14-8-7-11(15)13-10-4-2-1-3-9(10)5-6-12(13)16;/h1-6,11,16H,7-8,15H2;1H/t11-;/m1./s1. The average molecular weight is 256 g/mol. The van der Waals surface area contributed by atoms with Crippen molar-refractivity contribution in [3.63, 3.8) is 0 Å². The van der Waals surface area contributed by atoms with Crippen molar-refractivity contribution in [2.45, 2.75) is 12.5 Å². The fourth-order valence-electron chi connectivity index (χ4n) is 1.94. The average Bonchev–Trinajstić information content (AvgIpc) is 2.29. The van der Waals surface area contributed by atoms with Crippen molar-refractivity contribution < 1.29 is 9.50 Å². The predicted molar refractivity (Wildman–Crippen MR) is 70.4 cm³/mol. The van der Waals surface area contributed by atoms with Gasteiger partial charge in [0.2, 0.25) is 0 Å². The lowest BCUT2D eigenvalue weighted by Crippen LogP contribution is -2.11. The Morgan fingerprint density at radius 2 is 1.88 bits per heavy atom. The summed E-state index contributed by atoms with van der Waals surface area (Å²) >= 11 is 0. The van der Waals surface area contributed by atoms with Gasteiger partial charge in [-0.1, -0.05) is 30.3 Å². The first-order chi connectivity index (χ1) is 7.74. The molecule has 2 nitrogen and oxygen atoms in total. The molecule has 0 radical (unpaired) electrons. The van der Waals surface area contributed by atoms with Gasteiger partial charge >= 0.3 is 0 Å². The summed E-state index contributed by atoms with van der Waals surface area (Å²) in [5, 5.41) is 11.7. The molecule has 2 rings (SSSR count). The Kier molecular flexibility index (Phi) is 4.73. The van der Waals surface area contributed by atoms with E-state index in [4.69, 9.17) is 5.73 Å². The molecule has 0 saturated carbocycles. The van der Waals surface area contributed by atoms with Crippen LogP contribution >= 0.6 is 12.4 Å². The first-order valence-corrected chi connectivity index (χ1v) is 5.26. The van der Waals surface area contributed by atoms with E-state index in [2.05, 4.69) is 0 Å². The van der Waals surface area contributed by atoms with Gasteiger partial charge in [0, 0.05) is 11.6 Å². The monoisotopic (exact) mass is 255 g/mol. The van der Waals surface area contributed by atoms with Crippen molar-refractivity contribution in [3.8, 4) is 5.75 Å². The molecule has 0 aromatic heterocycles. The maximum atomic E-state index is 12.3. The molecular weight excluding hydrogens is 241 g/mol. The number of aromatic hydroxyl groups is 1. The van der Waals surface area contributed by atoms with Crippen LogP contribution < -0.4 is 5.73 Å². The highest BCUT2D eigenvalue weighted by Gasteiger charge is 2.14. The molecule has 0 heterocycles. The summed E-state index contributed by atoms with van der Waals surface area (Å²) in [7, 11) is 0. The van der Waals surface area contributed by atoms with Crippen LogP contribution in [0.3, 0.4) is 0 Å². The van der Waals surface area contributed by atoms with Crippen LogP contribution in [0.5, 0.6) is 5.75 Å². The van der Waals surface area contributed by atoms with Crippen LogP contribution in [0.4, 0.5) is 4.39 Å². The number of nitrogens with two attached hydrogens (primary N) is 1. The Morgan fingerprint density at radius 1 is 1.18 bits per heavy atom. The van der Waals surface area contributed by atoms with Gasteiger partial charge in [0.05, 0.1) is 6.67 Å². The third kappa shape index (κ3) is 2.68. The Hall–Kier alpha value is -1.32. The molecule has 4 heteroatoms. The minimum Gasteiger partial charge on any atom is -0.508 e. The van der Waals surface area contributed by atoms with Crippen molar-refractivity contribution in [3.05, 3.63) is 42.0 Å². The smallest absolute Gasteiger partial charge is 0.120 e. The molecule has 0 amide bonds. The van der Waals surface area contributed by atoms with Crippen molar-refractivity contribution in [2.75, 3.05) is 6.67 Å². The van der Waals surface area contributed by atoms with Gasteiger partial charge in [-0.05, 0) is 23.3 Å². The molecule has 0 unspecified atom stereocenters. The van der Waals surface area contributed by atoms with Crippen molar-refractivity contribution in [1.29, 1.82) is 0 Å². The largest absolute Gasteiger partial charge is 0.508 e. The minimum absolute atomic E-state index is 0. The molecule has 17 heavy (non-hydrogen) atoms. The van der Waals surface area contributed by atoms with E-state index < -0.39 is 12.7 Å². The van der Waals surface area contributed by atoms with Gasteiger partial charge in [-0.15, -0.1) is 12.4 Å². The maximum absolute atomic E-state index is 12.3. The van der Waals surface area contributed by atoms with Gasteiger partial charge in [-0.25, -0.2) is 0 Å². The lowest BCUT2D eigenvalue weighted by atomic mass is 9.96. The molecule has 0 bridgehead atoms. The molecule has 0 saturated heterocycles. The van der Waals surface area contributed by atoms with Gasteiger partial charge in [0.15, 0.2) is 0 Å². The number of alkyl halides is 1. The SMILES string of the molecule is Cl.N[C@H](CCF)c1c(O)ccc2ccccc12. The summed E-state index contributed by atoms with van der Waals surface area (Å²) in [6, 6.07) is 10.6. The van der Waals surface area contributed by atoms with E-state index in [1.807, 2.05) is 30.3 Å². The number of hydrogen-bond acceptors (Lipinski definition) is 2. The van der Waals surface area contributed by atoms with E-state index in [0.29, 0.717) is 5.56 Å². The Morgan fingerprint density at radius 3 is 2.59 bits per heavy atom. The predicted octanol–water partition coefficient (Wildman–Crippen LogP) is 3.33. The van der Waals surface area contributed by atoms with Gasteiger partial charge < -0.3 is 10.8 Å². The Bertz CT molecular complexity index is 504. The van der Waals surface area contributed by atoms with Crippen LogP contribution in [0.2, 0.25) is 0 Å². The first-order valence-electron chi connectivity index (χ1n) is 5.26. The normalized spacial score (nSPS) is 12.1. The van der Waals surface area contributed by atoms with Crippen LogP contribution in [-0.2, 0) is 0 Å². The van der Waals surface area contributed by atoms with E-state index >= 15 is 0 Å². The van der Waals surface area contributed by atoms with Gasteiger partial charge in [-0.2, -0.15) is 0 Å². The second kappa shape index (κ2) is 5.84. The van der Waals surface area contributed by atoms with Crippen molar-refractivity contribution in [2.24, 2.45) is 5.73 Å². The molecular formula is C13H15ClFNO. The Labute approximate surface area is 106 Å². The third-order valence-corrected chi connectivity index (χ3v) is 2.74. The van der Waals surface area contributed by atoms with Crippen molar-refractivity contribution >= 4 is 23.2 Å². The van der Waals surface area contributed by atoms with E-state index in [9.17, 15) is 9.50 Å². The zero-order valence-corrected chi connectivity index (χ0v) is 10.1. The molecule has 1 atom stereocenters. The number of phenols is 1. The molecule has 0 aliphatic heterocycles. The molecule has 0 aliphatic carbocycles. The summed E-state index contributed by atoms with van der Waals surface area (Å²) in [6.45, 7) is -0.482. The van der Waals surface area contributed by atoms with Crippen LogP contribution in [0.1, 0.15) is 18.0 Å². The van der Waals surface area contributed by atoms with Gasteiger partial charge in [-0.3, -0.25) is 4.39 Å². The zero-order valence-electron chi connectivity index (χ0n) is 9.27. The quantitative estimate of drug-likeness (QED) is 0.884. The van der Waals surface area contributed by atoms with E-state index in [0.717, 1.165) is 10.8 Å². The van der Waals surface area contributed by atoms with E-state index in [1.165, 1.54) is 0 Å². The highest BCUT2D eigenvalue weighted by molar-refractivity contribution is 5.88. The lowest BCUT2D eigenvalue weighted by molar-refractivity contribution is 0.426. The molecule has 0 fully saturated rings. The number of rotatable bonds is 3. The third-order valence-electron chi connectivity index (χ3n) is 2.74. The zero-order chi connectivity index (χ0) is 11.5. The highest BCUT2D eigenvalue weighted by Crippen LogP contribution is 2.32. The highest BCUT2D eigenvalue weighted by atomic mass is 35.5. The van der Waals surface area contributed by atoms with Crippen LogP contribution in [-0.4, -0.2) is 11.8 Å². The first kappa shape index (κ1) is 13.7. The van der Waals surface area contributed by atoms with E-state index in [1.54, 1.807) is 6.07 Å². The minimum atomic E-state index is -0.482. The summed E-state index contributed by atoms with van der Waals surface area (Å²) < 4.78 is 12.3. The molecule has 2 aromatic carbocycles. The summed E-state index contributed by atoms with van der Waals surface area (Å²) in [6.07, 6.45) is 0.224. The number of benzene rings is 2. The van der Waals surface area contributed by atoms with Crippen LogP contribution in [0, 0.1) is 0 Å². The molecule has 3 N–H and O–H groups in total. The lowest BCUT2D eigenvalue weighted by Gasteiger charge is -2.14. The Balaban J connectivity index is 0.00000144. The fraction of sp³-hybridized carbons (Fsp3) is 0.231. The van der Waals surface area contributed by atoms with Gasteiger partial charge in [0.1, 0.15) is 5.75 Å². The van der Waals surface area contributed by atoms with Crippen LogP contribution in [0.15, 0.2) is 36.4 Å². The van der Waals surface area contributed by atoms with Crippen molar-refractivity contribution in [1.82, 2.24) is 0 Å². The number of phenolic OH excluding ortho intramolecular Hbond substituents is 1. The summed E-state index contributed by atoms with van der Waals surface area (Å²) in [5.74, 6) is 0.139. The summed E-state index contributed by atoms with van der Waals surface area (Å²) in [5.41, 5.74) is 6.51. The topological polar surface area (TPSA) is 46.2 Å². The number of fused-ring (bicyclic) bond motifs is 1. The fourth-order valence-corrected chi connectivity index (χ4v) is 1.94. The second-order valence-electron chi connectivity index (χ2n) is 3.80. The van der Waals surface area contributed by atoms with Crippen LogP contribution in [0.25, 0.3) is 10.8 Å². The van der Waals surface area contributed by atoms with E-state index in [-0.39, 0.29) is 24.6 Å². The number of hydrogen-bond donors (Lipinski definition) is 2. The molecule has 0 spiro atoms. The van der Waals surface area contributed by atoms with Gasteiger partial charge in [0.25, 0.3) is 0 Å². The molecule has 0 aliphatic rings. The molecule has 92 valence electrons. The number of halogens is 2. The molecule has 2 aromatic rings.